The SMILES string of the molecule is CC(C)[C@@H](Br)C(=O)Nc1cnn(CCCCF)c1. The number of rotatable bonds is 7. The van der Waals surface area contributed by atoms with E-state index in [2.05, 4.69) is 26.3 Å². The summed E-state index contributed by atoms with van der Waals surface area (Å²) < 4.78 is 13.7. The van der Waals surface area contributed by atoms with Gasteiger partial charge in [0.2, 0.25) is 5.91 Å². The van der Waals surface area contributed by atoms with Gasteiger partial charge in [0.25, 0.3) is 0 Å². The van der Waals surface area contributed by atoms with E-state index in [4.69, 9.17) is 0 Å². The van der Waals surface area contributed by atoms with Gasteiger partial charge in [-0.3, -0.25) is 13.9 Å². The maximum absolute atomic E-state index is 11.9. The van der Waals surface area contributed by atoms with Crippen molar-refractivity contribution in [2.45, 2.75) is 38.1 Å². The molecule has 0 saturated heterocycles. The lowest BCUT2D eigenvalue weighted by Crippen LogP contribution is -2.26. The predicted octanol–water partition coefficient (Wildman–Crippen LogP) is 2.99. The van der Waals surface area contributed by atoms with Crippen LogP contribution in [0.3, 0.4) is 0 Å². The highest BCUT2D eigenvalue weighted by Gasteiger charge is 2.18. The van der Waals surface area contributed by atoms with Crippen LogP contribution in [0.4, 0.5) is 10.1 Å². The molecule has 0 unspecified atom stereocenters. The Labute approximate surface area is 115 Å². The van der Waals surface area contributed by atoms with Gasteiger partial charge in [-0.25, -0.2) is 0 Å². The van der Waals surface area contributed by atoms with Gasteiger partial charge in [0.05, 0.1) is 23.4 Å². The lowest BCUT2D eigenvalue weighted by atomic mass is 10.1. The van der Waals surface area contributed by atoms with Gasteiger partial charge in [0.15, 0.2) is 0 Å². The van der Waals surface area contributed by atoms with Crippen LogP contribution in [0.2, 0.25) is 0 Å². The molecule has 0 aliphatic carbocycles. The van der Waals surface area contributed by atoms with Crippen molar-refractivity contribution in [1.82, 2.24) is 9.78 Å². The van der Waals surface area contributed by atoms with Crippen LogP contribution < -0.4 is 5.32 Å². The van der Waals surface area contributed by atoms with Crippen molar-refractivity contribution in [3.05, 3.63) is 12.4 Å². The summed E-state index contributed by atoms with van der Waals surface area (Å²) in [4.78, 5) is 11.6. The van der Waals surface area contributed by atoms with Crippen molar-refractivity contribution < 1.29 is 9.18 Å². The van der Waals surface area contributed by atoms with Gasteiger partial charge >= 0.3 is 0 Å². The lowest BCUT2D eigenvalue weighted by Gasteiger charge is -2.12. The highest BCUT2D eigenvalue weighted by Crippen LogP contribution is 2.15. The Morgan fingerprint density at radius 1 is 1.56 bits per heavy atom. The standard InChI is InChI=1S/C12H19BrFN3O/c1-9(2)11(13)12(18)16-10-7-15-17(8-10)6-4-3-5-14/h7-9,11H,3-6H2,1-2H3,(H,16,18)/t11-/m1/s1. The summed E-state index contributed by atoms with van der Waals surface area (Å²) in [5.74, 6) is 0.151. The van der Waals surface area contributed by atoms with Crippen LogP contribution in [0.15, 0.2) is 12.4 Å². The van der Waals surface area contributed by atoms with Crippen LogP contribution in [0, 0.1) is 5.92 Å². The number of amides is 1. The number of halogens is 2. The molecule has 102 valence electrons. The highest BCUT2D eigenvalue weighted by atomic mass is 79.9. The maximum atomic E-state index is 11.9. The van der Waals surface area contributed by atoms with Crippen LogP contribution in [0.1, 0.15) is 26.7 Å². The van der Waals surface area contributed by atoms with Gasteiger partial charge in [-0.05, 0) is 18.8 Å². The summed E-state index contributed by atoms with van der Waals surface area (Å²) in [5, 5.41) is 6.90. The Morgan fingerprint density at radius 3 is 2.89 bits per heavy atom. The van der Waals surface area contributed by atoms with Crippen LogP contribution in [-0.4, -0.2) is 27.2 Å². The molecule has 0 saturated carbocycles. The Kier molecular flexibility index (Phi) is 6.32. The second-order valence-corrected chi connectivity index (χ2v) is 5.51. The molecule has 6 heteroatoms. The topological polar surface area (TPSA) is 46.9 Å². The van der Waals surface area contributed by atoms with Gasteiger partial charge in [-0.2, -0.15) is 5.10 Å². The number of nitrogens with zero attached hydrogens (tertiary/aromatic N) is 2. The molecule has 0 aromatic carbocycles. The van der Waals surface area contributed by atoms with Crippen molar-refractivity contribution in [3.8, 4) is 0 Å². The number of unbranched alkanes of at least 4 members (excludes halogenated alkanes) is 1. The largest absolute Gasteiger partial charge is 0.322 e. The highest BCUT2D eigenvalue weighted by molar-refractivity contribution is 9.10. The molecule has 1 aromatic rings. The Bertz CT molecular complexity index is 381. The van der Waals surface area contributed by atoms with E-state index in [1.807, 2.05) is 13.8 Å². The molecule has 0 bridgehead atoms. The summed E-state index contributed by atoms with van der Waals surface area (Å²) in [6.45, 7) is 4.31. The maximum Gasteiger partial charge on any atom is 0.238 e. The smallest absolute Gasteiger partial charge is 0.238 e. The third kappa shape index (κ3) is 4.76. The lowest BCUT2D eigenvalue weighted by molar-refractivity contribution is -0.116. The van der Waals surface area contributed by atoms with E-state index in [0.29, 0.717) is 18.7 Å². The molecule has 1 rings (SSSR count). The zero-order chi connectivity index (χ0) is 13.5. The first-order valence-corrected chi connectivity index (χ1v) is 6.99. The van der Waals surface area contributed by atoms with Gasteiger partial charge in [0, 0.05) is 12.7 Å². The monoisotopic (exact) mass is 319 g/mol. The number of alkyl halides is 2. The van der Waals surface area contributed by atoms with E-state index in [1.54, 1.807) is 17.1 Å². The molecule has 18 heavy (non-hydrogen) atoms. The van der Waals surface area contributed by atoms with Crippen LogP contribution >= 0.6 is 15.9 Å². The van der Waals surface area contributed by atoms with Gasteiger partial charge < -0.3 is 5.32 Å². The molecule has 0 spiro atoms. The summed E-state index contributed by atoms with van der Waals surface area (Å²) in [5.41, 5.74) is 0.672. The average Bonchev–Trinajstić information content (AvgIpc) is 2.76. The van der Waals surface area contributed by atoms with Crippen molar-refractivity contribution in [1.29, 1.82) is 0 Å². The fourth-order valence-electron chi connectivity index (χ4n) is 1.43. The molecule has 0 aliphatic rings. The summed E-state index contributed by atoms with van der Waals surface area (Å²) >= 11 is 3.34. The third-order valence-corrected chi connectivity index (χ3v) is 3.98. The molecule has 4 nitrogen and oxygen atoms in total. The Balaban J connectivity index is 2.46. The first-order valence-electron chi connectivity index (χ1n) is 6.08. The molecular formula is C12H19BrFN3O. The average molecular weight is 320 g/mol. The number of hydrogen-bond donors (Lipinski definition) is 1. The first kappa shape index (κ1) is 15.1. The van der Waals surface area contributed by atoms with E-state index in [1.165, 1.54) is 0 Å². The van der Waals surface area contributed by atoms with Gasteiger partial charge in [0.1, 0.15) is 0 Å². The van der Waals surface area contributed by atoms with Crippen molar-refractivity contribution in [2.24, 2.45) is 5.92 Å². The zero-order valence-corrected chi connectivity index (χ0v) is 12.3. The van der Waals surface area contributed by atoms with E-state index in [9.17, 15) is 9.18 Å². The van der Waals surface area contributed by atoms with Gasteiger partial charge in [-0.1, -0.05) is 29.8 Å². The third-order valence-electron chi connectivity index (χ3n) is 2.51. The number of carbonyl (C=O) groups excluding carboxylic acids is 1. The van der Waals surface area contributed by atoms with Crippen LogP contribution in [0.25, 0.3) is 0 Å². The normalized spacial score (nSPS) is 12.7. The number of hydrogen-bond acceptors (Lipinski definition) is 2. The molecule has 1 N–H and O–H groups in total. The minimum Gasteiger partial charge on any atom is -0.322 e. The number of carbonyl (C=O) groups is 1. The number of aromatic nitrogens is 2. The molecule has 1 heterocycles. The number of aryl methyl sites for hydroxylation is 1. The number of anilines is 1. The Hall–Kier alpha value is -0.910. The van der Waals surface area contributed by atoms with Gasteiger partial charge in [-0.15, -0.1) is 0 Å². The van der Waals surface area contributed by atoms with Crippen molar-refractivity contribution >= 4 is 27.5 Å². The second-order valence-electron chi connectivity index (χ2n) is 4.52. The van der Waals surface area contributed by atoms with Crippen LogP contribution in [0.5, 0.6) is 0 Å². The van der Waals surface area contributed by atoms with E-state index < -0.39 is 0 Å². The molecule has 0 radical (unpaired) electrons. The molecule has 0 fully saturated rings. The fraction of sp³-hybridized carbons (Fsp3) is 0.667. The molecule has 1 atom stereocenters. The van der Waals surface area contributed by atoms with E-state index in [-0.39, 0.29) is 23.3 Å². The molecule has 0 aliphatic heterocycles. The first-order chi connectivity index (χ1) is 8.54. The minimum atomic E-state index is -0.301. The predicted molar refractivity (Wildman–Crippen MR) is 73.6 cm³/mol. The van der Waals surface area contributed by atoms with E-state index >= 15 is 0 Å². The Morgan fingerprint density at radius 2 is 2.28 bits per heavy atom. The summed E-state index contributed by atoms with van der Waals surface area (Å²) in [6.07, 6.45) is 4.65. The quantitative estimate of drug-likeness (QED) is 0.620. The second kappa shape index (κ2) is 7.51. The summed E-state index contributed by atoms with van der Waals surface area (Å²) in [6, 6.07) is 0. The summed E-state index contributed by atoms with van der Waals surface area (Å²) in [7, 11) is 0. The molecular weight excluding hydrogens is 301 g/mol. The van der Waals surface area contributed by atoms with Crippen molar-refractivity contribution in [3.63, 3.8) is 0 Å². The number of nitrogens with one attached hydrogen (secondary N) is 1. The zero-order valence-electron chi connectivity index (χ0n) is 10.7. The van der Waals surface area contributed by atoms with Crippen molar-refractivity contribution in [2.75, 3.05) is 12.0 Å². The molecule has 1 amide bonds. The van der Waals surface area contributed by atoms with Crippen LogP contribution in [-0.2, 0) is 11.3 Å². The fourth-order valence-corrected chi connectivity index (χ4v) is 1.55. The molecule has 1 aromatic heterocycles. The van der Waals surface area contributed by atoms with E-state index in [0.717, 1.165) is 6.42 Å². The minimum absolute atomic E-state index is 0.0756.